The molecule has 0 atom stereocenters. The summed E-state index contributed by atoms with van der Waals surface area (Å²) in [5.41, 5.74) is 3.77. The van der Waals surface area contributed by atoms with Crippen molar-refractivity contribution in [3.05, 3.63) is 29.8 Å². The molecule has 0 saturated heterocycles. The van der Waals surface area contributed by atoms with Crippen LogP contribution in [-0.2, 0) is 6.54 Å². The molecule has 3 N–H and O–H groups in total. The minimum Gasteiger partial charge on any atom is -0.496 e. The average molecular weight is 195 g/mol. The van der Waals surface area contributed by atoms with Gasteiger partial charge in [-0.3, -0.25) is 10.7 Å². The monoisotopic (exact) mass is 195 g/mol. The average Bonchev–Trinajstić information content (AvgIpc) is 2.19. The standard InChI is InChI=1S/C10H17N3O/c1-13(8-12-11)7-9-5-3-4-6-10(9)14-2/h3-6,12H,7-8,11H2,1-2H3. The lowest BCUT2D eigenvalue weighted by Crippen LogP contribution is -2.35. The first kappa shape index (κ1) is 11.0. The summed E-state index contributed by atoms with van der Waals surface area (Å²) in [4.78, 5) is 2.07. The van der Waals surface area contributed by atoms with E-state index >= 15 is 0 Å². The fraction of sp³-hybridized carbons (Fsp3) is 0.400. The third kappa shape index (κ3) is 2.99. The first-order valence-electron chi connectivity index (χ1n) is 4.52. The van der Waals surface area contributed by atoms with Crippen LogP contribution in [0.25, 0.3) is 0 Å². The van der Waals surface area contributed by atoms with Crippen LogP contribution in [0.1, 0.15) is 5.56 Å². The molecule has 1 aromatic carbocycles. The lowest BCUT2D eigenvalue weighted by molar-refractivity contribution is 0.295. The molecule has 0 aliphatic rings. The van der Waals surface area contributed by atoms with Crippen molar-refractivity contribution in [2.24, 2.45) is 5.84 Å². The predicted molar refractivity (Wildman–Crippen MR) is 56.7 cm³/mol. The van der Waals surface area contributed by atoms with Crippen LogP contribution in [0.15, 0.2) is 24.3 Å². The van der Waals surface area contributed by atoms with Crippen molar-refractivity contribution < 1.29 is 4.74 Å². The summed E-state index contributed by atoms with van der Waals surface area (Å²) in [5, 5.41) is 0. The summed E-state index contributed by atoms with van der Waals surface area (Å²) in [7, 11) is 3.67. The maximum Gasteiger partial charge on any atom is 0.123 e. The SMILES string of the molecule is COc1ccccc1CN(C)CNN. The first-order chi connectivity index (χ1) is 6.77. The van der Waals surface area contributed by atoms with Crippen molar-refractivity contribution in [2.45, 2.75) is 6.54 Å². The van der Waals surface area contributed by atoms with Crippen LogP contribution < -0.4 is 16.0 Å². The molecule has 0 aromatic heterocycles. The van der Waals surface area contributed by atoms with Gasteiger partial charge in [-0.1, -0.05) is 18.2 Å². The Labute approximate surface area is 84.6 Å². The number of methoxy groups -OCH3 is 1. The van der Waals surface area contributed by atoms with E-state index in [2.05, 4.69) is 10.3 Å². The first-order valence-corrected chi connectivity index (χ1v) is 4.52. The minimum atomic E-state index is 0.651. The summed E-state index contributed by atoms with van der Waals surface area (Å²) in [6.07, 6.45) is 0. The Kier molecular flexibility index (Phi) is 4.39. The van der Waals surface area contributed by atoms with Gasteiger partial charge in [-0.2, -0.15) is 0 Å². The highest BCUT2D eigenvalue weighted by molar-refractivity contribution is 5.32. The highest BCUT2D eigenvalue weighted by Crippen LogP contribution is 2.18. The van der Waals surface area contributed by atoms with Crippen LogP contribution in [0, 0.1) is 0 Å². The van der Waals surface area contributed by atoms with Gasteiger partial charge in [-0.25, -0.2) is 5.43 Å². The van der Waals surface area contributed by atoms with E-state index in [-0.39, 0.29) is 0 Å². The molecule has 0 spiro atoms. The Morgan fingerprint density at radius 2 is 2.14 bits per heavy atom. The van der Waals surface area contributed by atoms with Crippen LogP contribution in [0.4, 0.5) is 0 Å². The Hall–Kier alpha value is -1.10. The van der Waals surface area contributed by atoms with Crippen LogP contribution in [0.2, 0.25) is 0 Å². The van der Waals surface area contributed by atoms with Gasteiger partial charge in [0.15, 0.2) is 0 Å². The fourth-order valence-electron chi connectivity index (χ4n) is 1.34. The Bertz CT molecular complexity index is 278. The molecule has 0 aliphatic carbocycles. The van der Waals surface area contributed by atoms with Crippen molar-refractivity contribution in [3.63, 3.8) is 0 Å². The van der Waals surface area contributed by atoms with Crippen LogP contribution in [0.3, 0.4) is 0 Å². The number of hydrogen-bond donors (Lipinski definition) is 2. The molecule has 0 amide bonds. The zero-order valence-electron chi connectivity index (χ0n) is 8.66. The van der Waals surface area contributed by atoms with Gasteiger partial charge in [-0.05, 0) is 13.1 Å². The van der Waals surface area contributed by atoms with Gasteiger partial charge >= 0.3 is 0 Å². The molecule has 1 rings (SSSR count). The topological polar surface area (TPSA) is 50.5 Å². The summed E-state index contributed by atoms with van der Waals surface area (Å²) in [6, 6.07) is 7.97. The van der Waals surface area contributed by atoms with E-state index < -0.39 is 0 Å². The zero-order valence-corrected chi connectivity index (χ0v) is 8.66. The Morgan fingerprint density at radius 1 is 1.43 bits per heavy atom. The van der Waals surface area contributed by atoms with Gasteiger partial charge < -0.3 is 4.74 Å². The predicted octanol–water partition coefficient (Wildman–Crippen LogP) is 0.548. The van der Waals surface area contributed by atoms with E-state index in [0.717, 1.165) is 17.9 Å². The molecule has 0 unspecified atom stereocenters. The fourth-order valence-corrected chi connectivity index (χ4v) is 1.34. The van der Waals surface area contributed by atoms with E-state index in [4.69, 9.17) is 10.6 Å². The van der Waals surface area contributed by atoms with Crippen molar-refractivity contribution in [3.8, 4) is 5.75 Å². The van der Waals surface area contributed by atoms with Crippen LogP contribution in [0.5, 0.6) is 5.75 Å². The molecule has 0 aliphatic heterocycles. The molecule has 0 heterocycles. The van der Waals surface area contributed by atoms with E-state index in [9.17, 15) is 0 Å². The molecule has 0 fully saturated rings. The van der Waals surface area contributed by atoms with Gasteiger partial charge in [0.05, 0.1) is 13.8 Å². The van der Waals surface area contributed by atoms with Crippen LogP contribution >= 0.6 is 0 Å². The quantitative estimate of drug-likeness (QED) is 0.409. The number of benzene rings is 1. The summed E-state index contributed by atoms with van der Waals surface area (Å²) < 4.78 is 5.25. The van der Waals surface area contributed by atoms with Gasteiger partial charge in [0.1, 0.15) is 5.75 Å². The van der Waals surface area contributed by atoms with E-state index in [1.54, 1.807) is 7.11 Å². The molecule has 14 heavy (non-hydrogen) atoms. The number of nitrogens with one attached hydrogen (secondary N) is 1. The molecule has 1 aromatic rings. The number of hydrogen-bond acceptors (Lipinski definition) is 4. The second-order valence-corrected chi connectivity index (χ2v) is 3.19. The zero-order chi connectivity index (χ0) is 10.4. The maximum absolute atomic E-state index is 5.25. The minimum absolute atomic E-state index is 0.651. The molecule has 4 nitrogen and oxygen atoms in total. The number of para-hydroxylation sites is 1. The van der Waals surface area contributed by atoms with E-state index in [0.29, 0.717) is 6.67 Å². The third-order valence-electron chi connectivity index (χ3n) is 1.99. The smallest absolute Gasteiger partial charge is 0.123 e. The third-order valence-corrected chi connectivity index (χ3v) is 1.99. The Balaban J connectivity index is 2.65. The van der Waals surface area contributed by atoms with E-state index in [1.165, 1.54) is 0 Å². The second kappa shape index (κ2) is 5.59. The molecular formula is C10H17N3O. The second-order valence-electron chi connectivity index (χ2n) is 3.19. The number of hydrazine groups is 1. The normalized spacial score (nSPS) is 10.6. The Morgan fingerprint density at radius 3 is 2.79 bits per heavy atom. The maximum atomic E-state index is 5.25. The van der Waals surface area contributed by atoms with Crippen molar-refractivity contribution in [1.82, 2.24) is 10.3 Å². The molecule has 78 valence electrons. The molecular weight excluding hydrogens is 178 g/mol. The van der Waals surface area contributed by atoms with Gasteiger partial charge in [0.2, 0.25) is 0 Å². The molecule has 4 heteroatoms. The number of nitrogens with two attached hydrogens (primary N) is 1. The van der Waals surface area contributed by atoms with Crippen molar-refractivity contribution in [1.29, 1.82) is 0 Å². The van der Waals surface area contributed by atoms with Gasteiger partial charge in [0, 0.05) is 12.1 Å². The van der Waals surface area contributed by atoms with Crippen molar-refractivity contribution in [2.75, 3.05) is 20.8 Å². The highest BCUT2D eigenvalue weighted by Gasteiger charge is 2.03. The summed E-state index contributed by atoms with van der Waals surface area (Å²) in [5.74, 6) is 6.14. The van der Waals surface area contributed by atoms with Gasteiger partial charge in [-0.15, -0.1) is 0 Å². The molecule has 0 saturated carbocycles. The van der Waals surface area contributed by atoms with E-state index in [1.807, 2.05) is 31.3 Å². The molecule has 0 bridgehead atoms. The number of ether oxygens (including phenoxy) is 1. The van der Waals surface area contributed by atoms with Crippen molar-refractivity contribution >= 4 is 0 Å². The van der Waals surface area contributed by atoms with Gasteiger partial charge in [0.25, 0.3) is 0 Å². The largest absolute Gasteiger partial charge is 0.496 e. The van der Waals surface area contributed by atoms with Crippen LogP contribution in [-0.4, -0.2) is 25.7 Å². The lowest BCUT2D eigenvalue weighted by Gasteiger charge is -2.17. The summed E-state index contributed by atoms with van der Waals surface area (Å²) >= 11 is 0. The number of nitrogens with zero attached hydrogens (tertiary/aromatic N) is 1. The lowest BCUT2D eigenvalue weighted by atomic mass is 10.2. The molecule has 0 radical (unpaired) electrons. The highest BCUT2D eigenvalue weighted by atomic mass is 16.5. The number of rotatable bonds is 5. The summed E-state index contributed by atoms with van der Waals surface area (Å²) in [6.45, 7) is 1.46.